The second kappa shape index (κ2) is 5.61. The fraction of sp³-hybridized carbons (Fsp3) is 0.500. The van der Waals surface area contributed by atoms with Gasteiger partial charge in [-0.3, -0.25) is 4.79 Å². The molecule has 1 aliphatic heterocycles. The van der Waals surface area contributed by atoms with Crippen LogP contribution in [0.3, 0.4) is 0 Å². The van der Waals surface area contributed by atoms with Crippen molar-refractivity contribution in [1.82, 2.24) is 10.3 Å². The monoisotopic (exact) mass is 219 g/mol. The number of nitrogens with zero attached hydrogens (tertiary/aromatic N) is 1. The highest BCUT2D eigenvalue weighted by Gasteiger charge is 2.19. The highest BCUT2D eigenvalue weighted by atomic mass is 16.2. The normalized spacial score (nSPS) is 21.1. The van der Waals surface area contributed by atoms with Crippen LogP contribution < -0.4 is 10.6 Å². The summed E-state index contributed by atoms with van der Waals surface area (Å²) in [5, 5.41) is 6.09. The lowest BCUT2D eigenvalue weighted by atomic mass is 10.1. The molecule has 16 heavy (non-hydrogen) atoms. The van der Waals surface area contributed by atoms with Crippen molar-refractivity contribution >= 4 is 11.7 Å². The number of carbonyl (C=O) groups excluding carboxylic acids is 1. The molecule has 0 aromatic carbocycles. The third kappa shape index (κ3) is 3.03. The molecule has 2 N–H and O–H groups in total. The Hall–Kier alpha value is -1.42. The van der Waals surface area contributed by atoms with E-state index in [4.69, 9.17) is 0 Å². The summed E-state index contributed by atoms with van der Waals surface area (Å²) in [4.78, 5) is 16.0. The largest absolute Gasteiger partial charge is 0.309 e. The second-order valence-corrected chi connectivity index (χ2v) is 4.06. The number of rotatable bonds is 2. The molecule has 0 saturated carbocycles. The molecule has 0 bridgehead atoms. The molecule has 2 heterocycles. The van der Waals surface area contributed by atoms with Crippen molar-refractivity contribution in [2.24, 2.45) is 0 Å². The van der Waals surface area contributed by atoms with Crippen molar-refractivity contribution in [3.63, 3.8) is 0 Å². The first-order valence-electron chi connectivity index (χ1n) is 5.81. The highest BCUT2D eigenvalue weighted by molar-refractivity contribution is 5.93. The van der Waals surface area contributed by atoms with Crippen molar-refractivity contribution in [2.75, 3.05) is 11.9 Å². The van der Waals surface area contributed by atoms with Gasteiger partial charge in [0.1, 0.15) is 5.82 Å². The summed E-state index contributed by atoms with van der Waals surface area (Å²) >= 11 is 0. The lowest BCUT2D eigenvalue weighted by Crippen LogP contribution is -2.39. The van der Waals surface area contributed by atoms with Crippen LogP contribution in [-0.4, -0.2) is 23.5 Å². The van der Waals surface area contributed by atoms with Gasteiger partial charge in [0, 0.05) is 6.20 Å². The van der Waals surface area contributed by atoms with Gasteiger partial charge in [-0.25, -0.2) is 4.98 Å². The van der Waals surface area contributed by atoms with E-state index in [1.807, 2.05) is 12.1 Å². The Morgan fingerprint density at radius 1 is 1.38 bits per heavy atom. The summed E-state index contributed by atoms with van der Waals surface area (Å²) in [5.74, 6) is 0.652. The number of hydrogen-bond acceptors (Lipinski definition) is 3. The third-order valence-electron chi connectivity index (χ3n) is 2.79. The van der Waals surface area contributed by atoms with Gasteiger partial charge in [0.2, 0.25) is 5.91 Å². The Morgan fingerprint density at radius 3 is 3.12 bits per heavy atom. The summed E-state index contributed by atoms with van der Waals surface area (Å²) in [6, 6.07) is 5.43. The molecule has 86 valence electrons. The van der Waals surface area contributed by atoms with E-state index < -0.39 is 0 Å². The molecule has 1 amide bonds. The van der Waals surface area contributed by atoms with Crippen LogP contribution in [0.15, 0.2) is 24.4 Å². The van der Waals surface area contributed by atoms with Gasteiger partial charge in [0.05, 0.1) is 6.04 Å². The van der Waals surface area contributed by atoms with Gasteiger partial charge >= 0.3 is 0 Å². The molecule has 1 saturated heterocycles. The van der Waals surface area contributed by atoms with Crippen LogP contribution in [0.25, 0.3) is 0 Å². The maximum atomic E-state index is 11.9. The van der Waals surface area contributed by atoms with Crippen LogP contribution in [0.5, 0.6) is 0 Å². The molecule has 4 nitrogen and oxygen atoms in total. The quantitative estimate of drug-likeness (QED) is 0.793. The predicted molar refractivity (Wildman–Crippen MR) is 63.1 cm³/mol. The number of carbonyl (C=O) groups is 1. The fourth-order valence-corrected chi connectivity index (χ4v) is 1.90. The summed E-state index contributed by atoms with van der Waals surface area (Å²) in [6.07, 6.45) is 6.08. The number of pyridine rings is 1. The summed E-state index contributed by atoms with van der Waals surface area (Å²) < 4.78 is 0. The van der Waals surface area contributed by atoms with Gasteiger partial charge < -0.3 is 10.6 Å². The predicted octanol–water partition coefficient (Wildman–Crippen LogP) is 1.55. The Balaban J connectivity index is 1.92. The Labute approximate surface area is 95.5 Å². The van der Waals surface area contributed by atoms with Crippen LogP contribution in [0.4, 0.5) is 5.82 Å². The van der Waals surface area contributed by atoms with Crippen molar-refractivity contribution < 1.29 is 4.79 Å². The molecule has 0 radical (unpaired) electrons. The number of aromatic nitrogens is 1. The van der Waals surface area contributed by atoms with Crippen LogP contribution in [0, 0.1) is 0 Å². The van der Waals surface area contributed by atoms with Crippen LogP contribution in [-0.2, 0) is 4.79 Å². The van der Waals surface area contributed by atoms with E-state index in [-0.39, 0.29) is 11.9 Å². The standard InChI is InChI=1S/C12H17N3O/c16-12(10-6-2-1-4-8-13-10)15-11-7-3-5-9-14-11/h3,5,7,9-10,13H,1-2,4,6,8H2,(H,14,15,16). The van der Waals surface area contributed by atoms with Gasteiger partial charge in [0.25, 0.3) is 0 Å². The summed E-state index contributed by atoms with van der Waals surface area (Å²) in [6.45, 7) is 0.931. The average molecular weight is 219 g/mol. The maximum absolute atomic E-state index is 11.9. The zero-order valence-electron chi connectivity index (χ0n) is 9.28. The number of nitrogens with one attached hydrogen (secondary N) is 2. The minimum absolute atomic E-state index is 0.0283. The molecule has 0 aliphatic carbocycles. The zero-order chi connectivity index (χ0) is 11.2. The van der Waals surface area contributed by atoms with Gasteiger partial charge in [-0.2, -0.15) is 0 Å². The van der Waals surface area contributed by atoms with E-state index in [0.29, 0.717) is 5.82 Å². The van der Waals surface area contributed by atoms with E-state index in [1.54, 1.807) is 12.3 Å². The molecule has 4 heteroatoms. The second-order valence-electron chi connectivity index (χ2n) is 4.06. The Bertz CT molecular complexity index is 331. The zero-order valence-corrected chi connectivity index (χ0v) is 9.28. The SMILES string of the molecule is O=C(Nc1ccccn1)C1CCCCCN1. The summed E-state index contributed by atoms with van der Waals surface area (Å²) in [7, 11) is 0. The molecule has 2 rings (SSSR count). The van der Waals surface area contributed by atoms with E-state index in [9.17, 15) is 4.79 Å². The lowest BCUT2D eigenvalue weighted by Gasteiger charge is -2.14. The van der Waals surface area contributed by atoms with Crippen molar-refractivity contribution in [3.8, 4) is 0 Å². The number of anilines is 1. The molecular weight excluding hydrogens is 202 g/mol. The number of hydrogen-bond donors (Lipinski definition) is 2. The number of amides is 1. The highest BCUT2D eigenvalue weighted by Crippen LogP contribution is 2.10. The first kappa shape index (κ1) is 11.1. The first-order valence-corrected chi connectivity index (χ1v) is 5.81. The van der Waals surface area contributed by atoms with Gasteiger partial charge in [-0.1, -0.05) is 18.9 Å². The van der Waals surface area contributed by atoms with Crippen LogP contribution in [0.1, 0.15) is 25.7 Å². The van der Waals surface area contributed by atoms with E-state index in [1.165, 1.54) is 6.42 Å². The molecule has 0 spiro atoms. The fourth-order valence-electron chi connectivity index (χ4n) is 1.90. The van der Waals surface area contributed by atoms with Gasteiger partial charge in [-0.05, 0) is 31.5 Å². The van der Waals surface area contributed by atoms with Crippen molar-refractivity contribution in [3.05, 3.63) is 24.4 Å². The summed E-state index contributed by atoms with van der Waals surface area (Å²) in [5.41, 5.74) is 0. The Kier molecular flexibility index (Phi) is 3.88. The molecule has 1 aliphatic rings. The average Bonchev–Trinajstić information content (AvgIpc) is 2.59. The Morgan fingerprint density at radius 2 is 2.31 bits per heavy atom. The van der Waals surface area contributed by atoms with Crippen LogP contribution >= 0.6 is 0 Å². The molecular formula is C12H17N3O. The molecule has 1 atom stereocenters. The van der Waals surface area contributed by atoms with Crippen LogP contribution in [0.2, 0.25) is 0 Å². The minimum Gasteiger partial charge on any atom is -0.309 e. The van der Waals surface area contributed by atoms with Gasteiger partial charge in [0.15, 0.2) is 0 Å². The molecule has 1 fully saturated rings. The third-order valence-corrected chi connectivity index (χ3v) is 2.79. The maximum Gasteiger partial charge on any atom is 0.242 e. The topological polar surface area (TPSA) is 54.0 Å². The molecule has 1 aromatic heterocycles. The van der Waals surface area contributed by atoms with E-state index in [2.05, 4.69) is 15.6 Å². The van der Waals surface area contributed by atoms with Gasteiger partial charge in [-0.15, -0.1) is 0 Å². The minimum atomic E-state index is -0.0653. The van der Waals surface area contributed by atoms with E-state index in [0.717, 1.165) is 25.8 Å². The first-order chi connectivity index (χ1) is 7.86. The van der Waals surface area contributed by atoms with Crippen molar-refractivity contribution in [2.45, 2.75) is 31.7 Å². The van der Waals surface area contributed by atoms with E-state index >= 15 is 0 Å². The van der Waals surface area contributed by atoms with Crippen molar-refractivity contribution in [1.29, 1.82) is 0 Å². The lowest BCUT2D eigenvalue weighted by molar-refractivity contribution is -0.118. The molecule has 1 unspecified atom stereocenters. The smallest absolute Gasteiger partial charge is 0.242 e. The molecule has 1 aromatic rings.